The molecule has 1 aliphatic heterocycles. The summed E-state index contributed by atoms with van der Waals surface area (Å²) in [5.41, 5.74) is 1.09. The first-order chi connectivity index (χ1) is 11.7. The predicted octanol–water partition coefficient (Wildman–Crippen LogP) is 2.67. The molecule has 3 rings (SSSR count). The molecule has 0 spiro atoms. The van der Waals surface area contributed by atoms with E-state index in [4.69, 9.17) is 0 Å². The van der Waals surface area contributed by atoms with Crippen molar-refractivity contribution < 1.29 is 9.59 Å². The van der Waals surface area contributed by atoms with E-state index in [1.54, 1.807) is 0 Å². The van der Waals surface area contributed by atoms with Crippen molar-refractivity contribution in [1.29, 1.82) is 0 Å². The van der Waals surface area contributed by atoms with Crippen LogP contribution in [-0.2, 0) is 11.3 Å². The van der Waals surface area contributed by atoms with Crippen LogP contribution in [0.4, 0.5) is 4.79 Å². The quantitative estimate of drug-likeness (QED) is 0.892. The van der Waals surface area contributed by atoms with Crippen LogP contribution in [-0.4, -0.2) is 36.0 Å². The molecular formula is C19H27N3O2. The monoisotopic (exact) mass is 329 g/mol. The first-order valence-electron chi connectivity index (χ1n) is 9.09. The minimum absolute atomic E-state index is 0.126. The summed E-state index contributed by atoms with van der Waals surface area (Å²) in [5, 5.41) is 5.92. The SMILES string of the molecule is O=C(NCc1ccccc1)NC1CCN(C(=O)C2CCCC2)CC1. The maximum atomic E-state index is 12.4. The normalized spacial score (nSPS) is 19.2. The second kappa shape index (κ2) is 8.18. The van der Waals surface area contributed by atoms with Gasteiger partial charge in [0.2, 0.25) is 5.91 Å². The van der Waals surface area contributed by atoms with E-state index in [0.717, 1.165) is 44.3 Å². The molecule has 24 heavy (non-hydrogen) atoms. The van der Waals surface area contributed by atoms with Crippen LogP contribution < -0.4 is 10.6 Å². The molecule has 2 N–H and O–H groups in total. The Balaban J connectivity index is 1.37. The molecule has 0 radical (unpaired) electrons. The molecule has 1 heterocycles. The number of rotatable bonds is 4. The molecule has 5 heteroatoms. The highest BCUT2D eigenvalue weighted by Crippen LogP contribution is 2.27. The van der Waals surface area contributed by atoms with Gasteiger partial charge in [-0.1, -0.05) is 43.2 Å². The summed E-state index contributed by atoms with van der Waals surface area (Å²) in [6.07, 6.45) is 6.18. The summed E-state index contributed by atoms with van der Waals surface area (Å²) in [7, 11) is 0. The smallest absolute Gasteiger partial charge is 0.315 e. The Bertz CT molecular complexity index is 547. The van der Waals surface area contributed by atoms with Crippen molar-refractivity contribution in [2.45, 2.75) is 51.1 Å². The van der Waals surface area contributed by atoms with Gasteiger partial charge in [0.25, 0.3) is 0 Å². The van der Waals surface area contributed by atoms with Crippen LogP contribution in [0.1, 0.15) is 44.1 Å². The number of hydrogen-bond donors (Lipinski definition) is 2. The number of urea groups is 1. The first-order valence-corrected chi connectivity index (χ1v) is 9.09. The Morgan fingerprint density at radius 3 is 2.33 bits per heavy atom. The highest BCUT2D eigenvalue weighted by atomic mass is 16.2. The molecule has 2 fully saturated rings. The molecule has 0 atom stereocenters. The van der Waals surface area contributed by atoms with Gasteiger partial charge < -0.3 is 15.5 Å². The second-order valence-corrected chi connectivity index (χ2v) is 6.89. The van der Waals surface area contributed by atoms with Crippen LogP contribution in [0.15, 0.2) is 30.3 Å². The highest BCUT2D eigenvalue weighted by molar-refractivity contribution is 5.79. The topological polar surface area (TPSA) is 61.4 Å². The molecule has 1 saturated heterocycles. The van der Waals surface area contributed by atoms with Crippen molar-refractivity contribution in [1.82, 2.24) is 15.5 Å². The van der Waals surface area contributed by atoms with Gasteiger partial charge in [-0.25, -0.2) is 4.79 Å². The standard InChI is InChI=1S/C19H27N3O2/c23-18(16-8-4-5-9-16)22-12-10-17(11-13-22)21-19(24)20-14-15-6-2-1-3-7-15/h1-3,6-7,16-17H,4-5,8-14H2,(H2,20,21,24). The number of carbonyl (C=O) groups excluding carboxylic acids is 2. The fourth-order valence-electron chi connectivity index (χ4n) is 3.69. The van der Waals surface area contributed by atoms with Gasteiger partial charge >= 0.3 is 6.03 Å². The largest absolute Gasteiger partial charge is 0.342 e. The molecule has 1 saturated carbocycles. The van der Waals surface area contributed by atoms with E-state index in [1.165, 1.54) is 12.8 Å². The average Bonchev–Trinajstić information content (AvgIpc) is 3.16. The molecule has 5 nitrogen and oxygen atoms in total. The molecule has 1 aliphatic carbocycles. The lowest BCUT2D eigenvalue weighted by Crippen LogP contribution is -2.49. The predicted molar refractivity (Wildman–Crippen MR) is 93.4 cm³/mol. The molecule has 2 aliphatic rings. The Morgan fingerprint density at radius 2 is 1.67 bits per heavy atom. The fraction of sp³-hybridized carbons (Fsp3) is 0.579. The molecule has 1 aromatic carbocycles. The lowest BCUT2D eigenvalue weighted by atomic mass is 10.0. The van der Waals surface area contributed by atoms with Crippen molar-refractivity contribution in [2.24, 2.45) is 5.92 Å². The number of likely N-dealkylation sites (tertiary alicyclic amines) is 1. The Labute approximate surface area is 143 Å². The van der Waals surface area contributed by atoms with Gasteiger partial charge in [0.05, 0.1) is 0 Å². The maximum Gasteiger partial charge on any atom is 0.315 e. The number of benzene rings is 1. The van der Waals surface area contributed by atoms with Gasteiger partial charge in [-0.15, -0.1) is 0 Å². The highest BCUT2D eigenvalue weighted by Gasteiger charge is 2.30. The van der Waals surface area contributed by atoms with Crippen LogP contribution in [0.3, 0.4) is 0 Å². The lowest BCUT2D eigenvalue weighted by molar-refractivity contribution is -0.136. The second-order valence-electron chi connectivity index (χ2n) is 6.89. The lowest BCUT2D eigenvalue weighted by Gasteiger charge is -2.33. The fourth-order valence-corrected chi connectivity index (χ4v) is 3.69. The summed E-state index contributed by atoms with van der Waals surface area (Å²) < 4.78 is 0. The molecule has 3 amide bonds. The number of hydrogen-bond acceptors (Lipinski definition) is 2. The van der Waals surface area contributed by atoms with E-state index in [2.05, 4.69) is 10.6 Å². The maximum absolute atomic E-state index is 12.4. The molecule has 0 aromatic heterocycles. The van der Waals surface area contributed by atoms with Crippen molar-refractivity contribution in [2.75, 3.05) is 13.1 Å². The molecule has 0 unspecified atom stereocenters. The zero-order chi connectivity index (χ0) is 16.8. The van der Waals surface area contributed by atoms with Gasteiger partial charge in [-0.3, -0.25) is 4.79 Å². The summed E-state index contributed by atoms with van der Waals surface area (Å²) in [4.78, 5) is 26.4. The minimum atomic E-state index is -0.126. The van der Waals surface area contributed by atoms with Crippen LogP contribution in [0.2, 0.25) is 0 Å². The summed E-state index contributed by atoms with van der Waals surface area (Å²) in [5.74, 6) is 0.586. The number of nitrogens with one attached hydrogen (secondary N) is 2. The third-order valence-electron chi connectivity index (χ3n) is 5.14. The van der Waals surface area contributed by atoms with Crippen LogP contribution in [0.25, 0.3) is 0 Å². The van der Waals surface area contributed by atoms with E-state index in [1.807, 2.05) is 35.2 Å². The minimum Gasteiger partial charge on any atom is -0.342 e. The van der Waals surface area contributed by atoms with Gasteiger partial charge in [0, 0.05) is 31.6 Å². The van der Waals surface area contributed by atoms with Crippen LogP contribution in [0.5, 0.6) is 0 Å². The number of piperidine rings is 1. The van der Waals surface area contributed by atoms with Crippen molar-refractivity contribution in [3.8, 4) is 0 Å². The summed E-state index contributed by atoms with van der Waals surface area (Å²) in [6, 6.07) is 9.91. The van der Waals surface area contributed by atoms with Crippen molar-refractivity contribution in [3.63, 3.8) is 0 Å². The van der Waals surface area contributed by atoms with Crippen molar-refractivity contribution in [3.05, 3.63) is 35.9 Å². The number of carbonyl (C=O) groups is 2. The summed E-state index contributed by atoms with van der Waals surface area (Å²) in [6.45, 7) is 2.06. The molecular weight excluding hydrogens is 302 g/mol. The zero-order valence-corrected chi connectivity index (χ0v) is 14.2. The van der Waals surface area contributed by atoms with Crippen LogP contribution >= 0.6 is 0 Å². The first kappa shape index (κ1) is 16.8. The average molecular weight is 329 g/mol. The molecule has 1 aromatic rings. The van der Waals surface area contributed by atoms with Crippen LogP contribution in [0, 0.1) is 5.92 Å². The van der Waals surface area contributed by atoms with Gasteiger partial charge in [0.1, 0.15) is 0 Å². The number of nitrogens with zero attached hydrogens (tertiary/aromatic N) is 1. The Hall–Kier alpha value is -2.04. The Morgan fingerprint density at radius 1 is 1.00 bits per heavy atom. The van der Waals surface area contributed by atoms with Gasteiger partial charge in [-0.05, 0) is 31.2 Å². The molecule has 130 valence electrons. The third kappa shape index (κ3) is 4.49. The number of amides is 3. The zero-order valence-electron chi connectivity index (χ0n) is 14.2. The Kier molecular flexibility index (Phi) is 5.72. The van der Waals surface area contributed by atoms with Gasteiger partial charge in [0.15, 0.2) is 0 Å². The van der Waals surface area contributed by atoms with Gasteiger partial charge in [-0.2, -0.15) is 0 Å². The van der Waals surface area contributed by atoms with E-state index in [9.17, 15) is 9.59 Å². The van der Waals surface area contributed by atoms with Crippen molar-refractivity contribution >= 4 is 11.9 Å². The third-order valence-corrected chi connectivity index (χ3v) is 5.14. The van der Waals surface area contributed by atoms with E-state index in [0.29, 0.717) is 12.5 Å². The molecule has 0 bridgehead atoms. The van der Waals surface area contributed by atoms with E-state index >= 15 is 0 Å². The van der Waals surface area contributed by atoms with E-state index < -0.39 is 0 Å². The summed E-state index contributed by atoms with van der Waals surface area (Å²) >= 11 is 0. The van der Waals surface area contributed by atoms with E-state index in [-0.39, 0.29) is 18.0 Å².